The first-order valence-electron chi connectivity index (χ1n) is 2.98. The lowest BCUT2D eigenvalue weighted by Crippen LogP contribution is -2.45. The minimum atomic E-state index is -2.20. The van der Waals surface area contributed by atoms with E-state index in [1.165, 1.54) is 0 Å². The predicted octanol–water partition coefficient (Wildman–Crippen LogP) is -0.457. The molecule has 5 heteroatoms. The van der Waals surface area contributed by atoms with Crippen LogP contribution in [0.5, 0.6) is 0 Å². The van der Waals surface area contributed by atoms with Crippen LogP contribution < -0.4 is 0 Å². The van der Waals surface area contributed by atoms with E-state index in [4.69, 9.17) is 15.3 Å². The molecule has 3 N–H and O–H groups in total. The van der Waals surface area contributed by atoms with Crippen LogP contribution in [0.3, 0.4) is 0 Å². The summed E-state index contributed by atoms with van der Waals surface area (Å²) in [6.07, 6.45) is 0. The molecular formula is C6H10O5. The first-order chi connectivity index (χ1) is 4.80. The summed E-state index contributed by atoms with van der Waals surface area (Å²) in [6, 6.07) is 0. The predicted molar refractivity (Wildman–Crippen MR) is 35.1 cm³/mol. The maximum atomic E-state index is 10.3. The van der Waals surface area contributed by atoms with Crippen molar-refractivity contribution in [2.45, 2.75) is 19.4 Å². The van der Waals surface area contributed by atoms with Crippen molar-refractivity contribution in [3.63, 3.8) is 0 Å². The summed E-state index contributed by atoms with van der Waals surface area (Å²) >= 11 is 0. The Bertz CT molecular complexity index is 183. The molecule has 0 aliphatic rings. The zero-order chi connectivity index (χ0) is 9.23. The molecular weight excluding hydrogens is 152 g/mol. The second-order valence-corrected chi connectivity index (χ2v) is 2.51. The second-order valence-electron chi connectivity index (χ2n) is 2.51. The molecule has 0 fully saturated rings. The van der Waals surface area contributed by atoms with Crippen LogP contribution in [0.15, 0.2) is 0 Å². The zero-order valence-electron chi connectivity index (χ0n) is 6.24. The smallest absolute Gasteiger partial charge is 0.336 e. The van der Waals surface area contributed by atoms with Gasteiger partial charge in [-0.3, -0.25) is 4.79 Å². The molecule has 64 valence electrons. The van der Waals surface area contributed by atoms with Crippen molar-refractivity contribution >= 4 is 11.9 Å². The molecule has 0 bridgehead atoms. The summed E-state index contributed by atoms with van der Waals surface area (Å²) in [5.41, 5.74) is -2.20. The summed E-state index contributed by atoms with van der Waals surface area (Å²) in [6.45, 7) is 2.09. The maximum absolute atomic E-state index is 10.3. The number of carbonyl (C=O) groups is 2. The van der Waals surface area contributed by atoms with Gasteiger partial charge in [0.15, 0.2) is 5.60 Å². The van der Waals surface area contributed by atoms with Gasteiger partial charge in [0.1, 0.15) is 0 Å². The van der Waals surface area contributed by atoms with Crippen molar-refractivity contribution in [2.75, 3.05) is 0 Å². The van der Waals surface area contributed by atoms with Gasteiger partial charge in [-0.15, -0.1) is 0 Å². The number of hydrogen-bond acceptors (Lipinski definition) is 3. The zero-order valence-corrected chi connectivity index (χ0v) is 6.24. The van der Waals surface area contributed by atoms with E-state index in [0.29, 0.717) is 0 Å². The fourth-order valence-corrected chi connectivity index (χ4v) is 0.426. The first kappa shape index (κ1) is 9.90. The molecule has 0 aromatic rings. The minimum absolute atomic E-state index is 0.952. The summed E-state index contributed by atoms with van der Waals surface area (Å²) < 4.78 is 0. The van der Waals surface area contributed by atoms with Gasteiger partial charge in [0.05, 0.1) is 5.92 Å². The van der Waals surface area contributed by atoms with E-state index in [1.54, 1.807) is 0 Å². The molecule has 0 aliphatic heterocycles. The summed E-state index contributed by atoms with van der Waals surface area (Å²) in [7, 11) is 0. The monoisotopic (exact) mass is 162 g/mol. The number of aliphatic hydroxyl groups is 1. The Morgan fingerprint density at radius 1 is 1.36 bits per heavy atom. The van der Waals surface area contributed by atoms with Gasteiger partial charge in [-0.25, -0.2) is 4.79 Å². The van der Waals surface area contributed by atoms with Crippen LogP contribution in [0.25, 0.3) is 0 Å². The minimum Gasteiger partial charge on any atom is -0.481 e. The van der Waals surface area contributed by atoms with Gasteiger partial charge < -0.3 is 15.3 Å². The average molecular weight is 162 g/mol. The highest BCUT2D eigenvalue weighted by Crippen LogP contribution is 2.16. The van der Waals surface area contributed by atoms with Crippen molar-refractivity contribution in [1.29, 1.82) is 0 Å². The molecule has 5 nitrogen and oxygen atoms in total. The third-order valence-electron chi connectivity index (χ3n) is 1.65. The third-order valence-corrected chi connectivity index (χ3v) is 1.65. The molecule has 0 aromatic heterocycles. The lowest BCUT2D eigenvalue weighted by molar-refractivity contribution is -0.170. The van der Waals surface area contributed by atoms with E-state index in [0.717, 1.165) is 13.8 Å². The number of carboxylic acid groups (broad SMARTS) is 2. The lowest BCUT2D eigenvalue weighted by atomic mass is 9.91. The first-order valence-corrected chi connectivity index (χ1v) is 2.98. The van der Waals surface area contributed by atoms with Crippen LogP contribution in [0.4, 0.5) is 0 Å². The summed E-state index contributed by atoms with van der Waals surface area (Å²) in [5.74, 6) is -4.19. The van der Waals surface area contributed by atoms with Crippen LogP contribution in [0.1, 0.15) is 13.8 Å². The van der Waals surface area contributed by atoms with E-state index in [1.807, 2.05) is 0 Å². The Morgan fingerprint density at radius 3 is 1.82 bits per heavy atom. The van der Waals surface area contributed by atoms with Crippen molar-refractivity contribution in [3.05, 3.63) is 0 Å². The van der Waals surface area contributed by atoms with E-state index in [-0.39, 0.29) is 0 Å². The van der Waals surface area contributed by atoms with Crippen molar-refractivity contribution in [1.82, 2.24) is 0 Å². The SMILES string of the molecule is CC(C(=O)O)[C@@](C)(O)C(=O)O. The van der Waals surface area contributed by atoms with Crippen LogP contribution in [0.2, 0.25) is 0 Å². The second kappa shape index (κ2) is 2.87. The van der Waals surface area contributed by atoms with E-state index in [9.17, 15) is 9.59 Å². The van der Waals surface area contributed by atoms with Crippen LogP contribution in [-0.4, -0.2) is 32.9 Å². The lowest BCUT2D eigenvalue weighted by Gasteiger charge is -2.21. The van der Waals surface area contributed by atoms with Gasteiger partial charge in [-0.05, 0) is 13.8 Å². The molecule has 0 saturated carbocycles. The highest BCUT2D eigenvalue weighted by Gasteiger charge is 2.40. The molecule has 11 heavy (non-hydrogen) atoms. The number of carboxylic acids is 2. The summed E-state index contributed by atoms with van der Waals surface area (Å²) in [4.78, 5) is 20.5. The number of rotatable bonds is 3. The number of hydrogen-bond donors (Lipinski definition) is 3. The Morgan fingerprint density at radius 2 is 1.73 bits per heavy atom. The highest BCUT2D eigenvalue weighted by molar-refractivity contribution is 5.84. The van der Waals surface area contributed by atoms with E-state index >= 15 is 0 Å². The Hall–Kier alpha value is -1.10. The van der Waals surface area contributed by atoms with E-state index in [2.05, 4.69) is 0 Å². The summed E-state index contributed by atoms with van der Waals surface area (Å²) in [5, 5.41) is 25.7. The highest BCUT2D eigenvalue weighted by atomic mass is 16.4. The molecule has 0 aliphatic carbocycles. The Balaban J connectivity index is 4.55. The van der Waals surface area contributed by atoms with Gasteiger partial charge in [-0.1, -0.05) is 0 Å². The molecule has 1 unspecified atom stereocenters. The standard InChI is InChI=1S/C6H10O5/c1-3(4(7)8)6(2,11)5(9)10/h3,11H,1-2H3,(H,7,8)(H,9,10)/t3?,6-/m1/s1. The largest absolute Gasteiger partial charge is 0.481 e. The molecule has 0 rings (SSSR count). The molecule has 0 amide bonds. The molecule has 2 atom stereocenters. The van der Waals surface area contributed by atoms with Crippen molar-refractivity contribution in [3.8, 4) is 0 Å². The van der Waals surface area contributed by atoms with E-state index < -0.39 is 23.5 Å². The molecule has 0 saturated heterocycles. The quantitative estimate of drug-likeness (QED) is 0.522. The fourth-order valence-electron chi connectivity index (χ4n) is 0.426. The van der Waals surface area contributed by atoms with Crippen molar-refractivity contribution in [2.24, 2.45) is 5.92 Å². The van der Waals surface area contributed by atoms with Crippen LogP contribution in [0, 0.1) is 5.92 Å². The molecule has 0 aromatic carbocycles. The third kappa shape index (κ3) is 1.91. The van der Waals surface area contributed by atoms with Crippen molar-refractivity contribution < 1.29 is 24.9 Å². The molecule has 0 radical (unpaired) electrons. The fraction of sp³-hybridized carbons (Fsp3) is 0.667. The van der Waals surface area contributed by atoms with Crippen LogP contribution >= 0.6 is 0 Å². The Kier molecular flexibility index (Phi) is 2.59. The van der Waals surface area contributed by atoms with Gasteiger partial charge in [-0.2, -0.15) is 0 Å². The topological polar surface area (TPSA) is 94.8 Å². The van der Waals surface area contributed by atoms with Gasteiger partial charge >= 0.3 is 11.9 Å². The van der Waals surface area contributed by atoms with Gasteiger partial charge in [0, 0.05) is 0 Å². The molecule has 0 heterocycles. The normalized spacial score (nSPS) is 18.5. The van der Waals surface area contributed by atoms with Gasteiger partial charge in [0.2, 0.25) is 0 Å². The average Bonchev–Trinajstić information content (AvgIpc) is 1.85. The maximum Gasteiger partial charge on any atom is 0.336 e. The molecule has 0 spiro atoms. The van der Waals surface area contributed by atoms with Crippen LogP contribution in [-0.2, 0) is 9.59 Å². The van der Waals surface area contributed by atoms with Gasteiger partial charge in [0.25, 0.3) is 0 Å². The number of aliphatic carboxylic acids is 2. The Labute approximate surface area is 63.3 Å².